The summed E-state index contributed by atoms with van der Waals surface area (Å²) in [5.41, 5.74) is 0.562. The van der Waals surface area contributed by atoms with E-state index in [1.54, 1.807) is 18.2 Å². The van der Waals surface area contributed by atoms with Crippen molar-refractivity contribution in [3.05, 3.63) is 40.4 Å². The van der Waals surface area contributed by atoms with Crippen molar-refractivity contribution in [2.75, 3.05) is 6.61 Å². The quantitative estimate of drug-likeness (QED) is 0.866. The van der Waals surface area contributed by atoms with E-state index in [9.17, 15) is 0 Å². The van der Waals surface area contributed by atoms with Gasteiger partial charge in [-0.05, 0) is 12.1 Å². The summed E-state index contributed by atoms with van der Waals surface area (Å²) in [5.74, 6) is 0.529. The van der Waals surface area contributed by atoms with Crippen LogP contribution in [0, 0.1) is 0 Å². The van der Waals surface area contributed by atoms with Crippen LogP contribution in [0.3, 0.4) is 0 Å². The van der Waals surface area contributed by atoms with E-state index in [1.165, 1.54) is 0 Å². The van der Waals surface area contributed by atoms with Gasteiger partial charge in [-0.2, -0.15) is 0 Å². The van der Waals surface area contributed by atoms with E-state index < -0.39 is 0 Å². The van der Waals surface area contributed by atoms with Crippen LogP contribution in [0.5, 0.6) is 5.75 Å². The average Bonchev–Trinajstić information content (AvgIpc) is 2.14. The van der Waals surface area contributed by atoms with E-state index in [0.29, 0.717) is 21.4 Å². The molecule has 2 nitrogen and oxygen atoms in total. The fourth-order valence-electron chi connectivity index (χ4n) is 0.984. The highest BCUT2D eigenvalue weighted by atomic mass is 35.5. The molecule has 0 aliphatic carbocycles. The monoisotopic (exact) mass is 232 g/mol. The van der Waals surface area contributed by atoms with Crippen molar-refractivity contribution >= 4 is 23.2 Å². The number of aliphatic hydroxyl groups excluding tert-OH is 1. The van der Waals surface area contributed by atoms with Crippen molar-refractivity contribution in [3.63, 3.8) is 0 Å². The Kier molecular flexibility index (Phi) is 4.26. The first-order valence-electron chi connectivity index (χ1n) is 3.99. The molecule has 0 saturated heterocycles. The predicted molar refractivity (Wildman–Crippen MR) is 57.9 cm³/mol. The second kappa shape index (κ2) is 5.25. The molecule has 0 radical (unpaired) electrons. The Morgan fingerprint density at radius 2 is 2.21 bits per heavy atom. The molecule has 0 aromatic heterocycles. The lowest BCUT2D eigenvalue weighted by Crippen LogP contribution is -2.00. The van der Waals surface area contributed by atoms with Gasteiger partial charge in [0.25, 0.3) is 0 Å². The zero-order chi connectivity index (χ0) is 10.6. The number of ether oxygens (including phenoxy) is 1. The van der Waals surface area contributed by atoms with Gasteiger partial charge in [0.2, 0.25) is 0 Å². The summed E-state index contributed by atoms with van der Waals surface area (Å²) >= 11 is 11.4. The highest BCUT2D eigenvalue weighted by Gasteiger charge is 2.06. The van der Waals surface area contributed by atoms with Crippen LogP contribution in [0.15, 0.2) is 29.8 Å². The highest BCUT2D eigenvalue weighted by molar-refractivity contribution is 6.31. The number of hydrogen-bond acceptors (Lipinski definition) is 2. The molecule has 0 aliphatic heterocycles. The molecule has 0 bridgehead atoms. The van der Waals surface area contributed by atoms with Crippen LogP contribution in [-0.2, 0) is 6.61 Å². The molecule has 0 fully saturated rings. The number of hydrogen-bond donors (Lipinski definition) is 1. The van der Waals surface area contributed by atoms with Gasteiger partial charge in [0.15, 0.2) is 0 Å². The molecule has 1 aromatic rings. The Morgan fingerprint density at radius 3 is 2.79 bits per heavy atom. The molecule has 1 aromatic carbocycles. The number of benzene rings is 1. The van der Waals surface area contributed by atoms with E-state index in [0.717, 1.165) is 0 Å². The lowest BCUT2D eigenvalue weighted by molar-refractivity contribution is 0.269. The minimum Gasteiger partial charge on any atom is -0.488 e. The van der Waals surface area contributed by atoms with Crippen molar-refractivity contribution in [2.45, 2.75) is 6.61 Å². The molecule has 14 heavy (non-hydrogen) atoms. The van der Waals surface area contributed by atoms with Gasteiger partial charge < -0.3 is 9.84 Å². The molecule has 1 rings (SSSR count). The smallest absolute Gasteiger partial charge is 0.126 e. The van der Waals surface area contributed by atoms with Crippen LogP contribution in [0.25, 0.3) is 0 Å². The third-order valence-electron chi connectivity index (χ3n) is 1.62. The molecule has 0 atom stereocenters. The van der Waals surface area contributed by atoms with Crippen LogP contribution in [0.4, 0.5) is 0 Å². The summed E-state index contributed by atoms with van der Waals surface area (Å²) in [7, 11) is 0. The number of halogens is 2. The summed E-state index contributed by atoms with van der Waals surface area (Å²) < 4.78 is 5.29. The van der Waals surface area contributed by atoms with Gasteiger partial charge in [0, 0.05) is 15.6 Å². The molecule has 0 spiro atoms. The molecule has 0 heterocycles. The predicted octanol–water partition coefficient (Wildman–Crippen LogP) is 2.96. The molecule has 1 N–H and O–H groups in total. The highest BCUT2D eigenvalue weighted by Crippen LogP contribution is 2.26. The van der Waals surface area contributed by atoms with Gasteiger partial charge in [0.05, 0.1) is 6.61 Å². The SMILES string of the molecule is C=C(Cl)COc1cccc(Cl)c1CO. The van der Waals surface area contributed by atoms with Crippen LogP contribution in [0.2, 0.25) is 5.02 Å². The molecule has 0 saturated carbocycles. The third-order valence-corrected chi connectivity index (χ3v) is 2.08. The summed E-state index contributed by atoms with van der Waals surface area (Å²) in [6, 6.07) is 5.15. The maximum absolute atomic E-state index is 9.04. The normalized spacial score (nSPS) is 9.93. The van der Waals surface area contributed by atoms with Crippen LogP contribution in [0.1, 0.15) is 5.56 Å². The van der Waals surface area contributed by atoms with Crippen molar-refractivity contribution in [2.24, 2.45) is 0 Å². The van der Waals surface area contributed by atoms with Gasteiger partial charge in [0.1, 0.15) is 12.4 Å². The minimum absolute atomic E-state index is 0.163. The summed E-state index contributed by atoms with van der Waals surface area (Å²) in [5, 5.41) is 9.92. The maximum Gasteiger partial charge on any atom is 0.126 e. The van der Waals surface area contributed by atoms with E-state index in [4.69, 9.17) is 33.0 Å². The summed E-state index contributed by atoms with van der Waals surface area (Å²) in [6.07, 6.45) is 0. The Morgan fingerprint density at radius 1 is 1.50 bits per heavy atom. The van der Waals surface area contributed by atoms with Gasteiger partial charge in [-0.25, -0.2) is 0 Å². The second-order valence-corrected chi connectivity index (χ2v) is 3.62. The zero-order valence-corrected chi connectivity index (χ0v) is 8.98. The first-order valence-corrected chi connectivity index (χ1v) is 4.75. The van der Waals surface area contributed by atoms with E-state index in [1.807, 2.05) is 0 Å². The molecule has 0 unspecified atom stereocenters. The van der Waals surface area contributed by atoms with E-state index in [2.05, 4.69) is 6.58 Å². The van der Waals surface area contributed by atoms with Gasteiger partial charge in [-0.15, -0.1) is 0 Å². The Hall–Kier alpha value is -0.700. The Labute approximate surface area is 92.7 Å². The first kappa shape index (κ1) is 11.4. The van der Waals surface area contributed by atoms with Gasteiger partial charge >= 0.3 is 0 Å². The van der Waals surface area contributed by atoms with Gasteiger partial charge in [-0.1, -0.05) is 35.8 Å². The lowest BCUT2D eigenvalue weighted by atomic mass is 10.2. The molecule has 4 heteroatoms. The summed E-state index contributed by atoms with van der Waals surface area (Å²) in [6.45, 7) is 3.53. The second-order valence-electron chi connectivity index (χ2n) is 2.68. The van der Waals surface area contributed by atoms with E-state index in [-0.39, 0.29) is 13.2 Å². The molecule has 76 valence electrons. The van der Waals surface area contributed by atoms with Crippen LogP contribution >= 0.6 is 23.2 Å². The van der Waals surface area contributed by atoms with Crippen molar-refractivity contribution in [1.82, 2.24) is 0 Å². The first-order chi connectivity index (χ1) is 6.65. The summed E-state index contributed by atoms with van der Waals surface area (Å²) in [4.78, 5) is 0. The largest absolute Gasteiger partial charge is 0.488 e. The minimum atomic E-state index is -0.163. The van der Waals surface area contributed by atoms with Crippen LogP contribution < -0.4 is 4.74 Å². The van der Waals surface area contributed by atoms with Crippen molar-refractivity contribution < 1.29 is 9.84 Å². The van der Waals surface area contributed by atoms with Crippen molar-refractivity contribution in [3.8, 4) is 5.75 Å². The van der Waals surface area contributed by atoms with E-state index >= 15 is 0 Å². The fourth-order valence-corrected chi connectivity index (χ4v) is 1.26. The standard InChI is InChI=1S/C10H10Cl2O2/c1-7(11)6-14-10-4-2-3-9(12)8(10)5-13/h2-4,13H,1,5-6H2. The molecular formula is C10H10Cl2O2. The van der Waals surface area contributed by atoms with Crippen LogP contribution in [-0.4, -0.2) is 11.7 Å². The number of rotatable bonds is 4. The molecule has 0 amide bonds. The average molecular weight is 233 g/mol. The Bertz CT molecular complexity index is 337. The molecule has 0 aliphatic rings. The number of aliphatic hydroxyl groups is 1. The maximum atomic E-state index is 9.04. The van der Waals surface area contributed by atoms with Gasteiger partial charge in [-0.3, -0.25) is 0 Å². The topological polar surface area (TPSA) is 29.5 Å². The Balaban J connectivity index is 2.85. The van der Waals surface area contributed by atoms with Crippen molar-refractivity contribution in [1.29, 1.82) is 0 Å². The lowest BCUT2D eigenvalue weighted by Gasteiger charge is -2.10. The third kappa shape index (κ3) is 2.91. The fraction of sp³-hybridized carbons (Fsp3) is 0.200. The molecular weight excluding hydrogens is 223 g/mol. The zero-order valence-electron chi connectivity index (χ0n) is 7.46.